The number of aliphatic hydroxyl groups excluding tert-OH is 4. The Labute approximate surface area is 84.2 Å². The van der Waals surface area contributed by atoms with Crippen molar-refractivity contribution in [2.45, 2.75) is 45.1 Å². The van der Waals surface area contributed by atoms with Crippen molar-refractivity contribution in [1.82, 2.24) is 0 Å². The lowest BCUT2D eigenvalue weighted by atomic mass is 9.81. The fourth-order valence-corrected chi connectivity index (χ4v) is 1.06. The molecule has 4 atom stereocenters. The fourth-order valence-electron chi connectivity index (χ4n) is 1.06. The van der Waals surface area contributed by atoms with Gasteiger partial charge in [-0.15, -0.1) is 0 Å². The van der Waals surface area contributed by atoms with Crippen molar-refractivity contribution in [2.24, 2.45) is 11.1 Å². The van der Waals surface area contributed by atoms with E-state index in [0.717, 1.165) is 0 Å². The average Bonchev–Trinajstić information content (AvgIpc) is 2.11. The Morgan fingerprint density at radius 1 is 1.07 bits per heavy atom. The highest BCUT2D eigenvalue weighted by atomic mass is 16.4. The van der Waals surface area contributed by atoms with Gasteiger partial charge in [-0.25, -0.2) is 0 Å². The topological polar surface area (TPSA) is 107 Å². The third-order valence-electron chi connectivity index (χ3n) is 2.30. The summed E-state index contributed by atoms with van der Waals surface area (Å²) in [5.41, 5.74) is 5.31. The van der Waals surface area contributed by atoms with Crippen LogP contribution in [0.2, 0.25) is 0 Å². The van der Waals surface area contributed by atoms with Gasteiger partial charge in [0, 0.05) is 6.04 Å². The van der Waals surface area contributed by atoms with Crippen molar-refractivity contribution >= 4 is 0 Å². The standard InChI is InChI=1S/C9H21NO4/c1-9(2,3)8(10)7(14)6(13)5(12)4-11/h5-8,11-14H,4,10H2,1-3H3/t5-,6+,7+,8-/m0/s1. The predicted octanol–water partition coefficient (Wildman–Crippen LogP) is -1.57. The maximum Gasteiger partial charge on any atom is 0.109 e. The normalized spacial score (nSPS) is 21.4. The van der Waals surface area contributed by atoms with E-state index < -0.39 is 31.0 Å². The van der Waals surface area contributed by atoms with Crippen LogP contribution in [-0.2, 0) is 0 Å². The van der Waals surface area contributed by atoms with Gasteiger partial charge in [-0.3, -0.25) is 0 Å². The number of hydrogen-bond donors (Lipinski definition) is 5. The molecule has 5 nitrogen and oxygen atoms in total. The van der Waals surface area contributed by atoms with E-state index in [9.17, 15) is 10.2 Å². The first-order chi connectivity index (χ1) is 6.21. The molecular weight excluding hydrogens is 186 g/mol. The molecule has 86 valence electrons. The van der Waals surface area contributed by atoms with Gasteiger partial charge in [-0.1, -0.05) is 20.8 Å². The van der Waals surface area contributed by atoms with Crippen molar-refractivity contribution in [3.05, 3.63) is 0 Å². The Hall–Kier alpha value is -0.200. The molecule has 0 rings (SSSR count). The van der Waals surface area contributed by atoms with Crippen molar-refractivity contribution < 1.29 is 20.4 Å². The van der Waals surface area contributed by atoms with Gasteiger partial charge in [-0.05, 0) is 5.41 Å². The molecule has 5 heteroatoms. The van der Waals surface area contributed by atoms with Crippen LogP contribution in [-0.4, -0.2) is 51.4 Å². The average molecular weight is 207 g/mol. The summed E-state index contributed by atoms with van der Waals surface area (Å²) in [4.78, 5) is 0. The second kappa shape index (κ2) is 5.04. The van der Waals surface area contributed by atoms with E-state index in [4.69, 9.17) is 15.9 Å². The Morgan fingerprint density at radius 3 is 1.79 bits per heavy atom. The lowest BCUT2D eigenvalue weighted by Gasteiger charge is -2.34. The van der Waals surface area contributed by atoms with Gasteiger partial charge in [0.25, 0.3) is 0 Å². The molecule has 6 N–H and O–H groups in total. The molecule has 0 radical (unpaired) electrons. The third-order valence-corrected chi connectivity index (χ3v) is 2.30. The molecule has 0 bridgehead atoms. The molecule has 0 aromatic rings. The van der Waals surface area contributed by atoms with Gasteiger partial charge in [0.2, 0.25) is 0 Å². The molecule has 0 aliphatic carbocycles. The van der Waals surface area contributed by atoms with Crippen LogP contribution in [0.5, 0.6) is 0 Å². The van der Waals surface area contributed by atoms with Crippen LogP contribution < -0.4 is 5.73 Å². The van der Waals surface area contributed by atoms with Crippen LogP contribution in [0.15, 0.2) is 0 Å². The number of rotatable bonds is 4. The van der Waals surface area contributed by atoms with Gasteiger partial charge >= 0.3 is 0 Å². The zero-order valence-corrected chi connectivity index (χ0v) is 8.88. The van der Waals surface area contributed by atoms with E-state index in [2.05, 4.69) is 0 Å². The van der Waals surface area contributed by atoms with Crippen molar-refractivity contribution in [3.63, 3.8) is 0 Å². The molecule has 0 aromatic carbocycles. The quantitative estimate of drug-likeness (QED) is 0.383. The lowest BCUT2D eigenvalue weighted by Crippen LogP contribution is -2.54. The fraction of sp³-hybridized carbons (Fsp3) is 1.00. The molecular formula is C9H21NO4. The van der Waals surface area contributed by atoms with Crippen LogP contribution in [0.4, 0.5) is 0 Å². The van der Waals surface area contributed by atoms with E-state index in [-0.39, 0.29) is 5.41 Å². The third kappa shape index (κ3) is 3.51. The number of hydrogen-bond acceptors (Lipinski definition) is 5. The maximum absolute atomic E-state index is 9.58. The highest BCUT2D eigenvalue weighted by Gasteiger charge is 2.35. The van der Waals surface area contributed by atoms with Crippen molar-refractivity contribution in [1.29, 1.82) is 0 Å². The molecule has 0 aliphatic rings. The molecule has 0 saturated heterocycles. The second-order valence-electron chi connectivity index (χ2n) is 4.62. The maximum atomic E-state index is 9.58. The summed E-state index contributed by atoms with van der Waals surface area (Å²) in [5.74, 6) is 0. The first kappa shape index (κ1) is 13.8. The molecule has 0 saturated carbocycles. The first-order valence-electron chi connectivity index (χ1n) is 4.62. The summed E-state index contributed by atoms with van der Waals surface area (Å²) < 4.78 is 0. The molecule has 0 aliphatic heterocycles. The summed E-state index contributed by atoms with van der Waals surface area (Å²) >= 11 is 0. The van der Waals surface area contributed by atoms with Crippen LogP contribution in [0.25, 0.3) is 0 Å². The Kier molecular flexibility index (Phi) is 4.97. The van der Waals surface area contributed by atoms with E-state index in [1.54, 1.807) is 0 Å². The Balaban J connectivity index is 4.38. The minimum atomic E-state index is -1.42. The molecule has 0 fully saturated rings. The number of aliphatic hydroxyl groups is 4. The van der Waals surface area contributed by atoms with E-state index in [1.165, 1.54) is 0 Å². The monoisotopic (exact) mass is 207 g/mol. The van der Waals surface area contributed by atoms with E-state index >= 15 is 0 Å². The van der Waals surface area contributed by atoms with Gasteiger partial charge in [-0.2, -0.15) is 0 Å². The van der Waals surface area contributed by atoms with E-state index in [0.29, 0.717) is 0 Å². The van der Waals surface area contributed by atoms with Gasteiger partial charge < -0.3 is 26.2 Å². The van der Waals surface area contributed by atoms with Crippen LogP contribution in [0.1, 0.15) is 20.8 Å². The summed E-state index contributed by atoms with van der Waals surface area (Å²) in [6, 6.07) is -0.668. The zero-order valence-electron chi connectivity index (χ0n) is 8.88. The minimum absolute atomic E-state index is 0.379. The van der Waals surface area contributed by atoms with Gasteiger partial charge in [0.15, 0.2) is 0 Å². The lowest BCUT2D eigenvalue weighted by molar-refractivity contribution is -0.0933. The summed E-state index contributed by atoms with van der Waals surface area (Å²) in [6.07, 6.45) is -4.04. The zero-order chi connectivity index (χ0) is 11.5. The summed E-state index contributed by atoms with van der Waals surface area (Å²) in [7, 11) is 0. The molecule has 0 heterocycles. The highest BCUT2D eigenvalue weighted by molar-refractivity contribution is 4.89. The van der Waals surface area contributed by atoms with Crippen molar-refractivity contribution in [3.8, 4) is 0 Å². The smallest absolute Gasteiger partial charge is 0.109 e. The predicted molar refractivity (Wildman–Crippen MR) is 52.5 cm³/mol. The SMILES string of the molecule is CC(C)(C)[C@@H](N)[C@H](O)[C@H](O)[C@@H](O)CO. The Bertz CT molecular complexity index is 169. The largest absolute Gasteiger partial charge is 0.394 e. The van der Waals surface area contributed by atoms with Crippen LogP contribution >= 0.6 is 0 Å². The van der Waals surface area contributed by atoms with Gasteiger partial charge in [0.05, 0.1) is 12.7 Å². The van der Waals surface area contributed by atoms with Crippen LogP contribution in [0, 0.1) is 5.41 Å². The molecule has 0 aromatic heterocycles. The number of nitrogens with two attached hydrogens (primary N) is 1. The van der Waals surface area contributed by atoms with Gasteiger partial charge in [0.1, 0.15) is 12.2 Å². The molecule has 14 heavy (non-hydrogen) atoms. The van der Waals surface area contributed by atoms with E-state index in [1.807, 2.05) is 20.8 Å². The minimum Gasteiger partial charge on any atom is -0.394 e. The summed E-state index contributed by atoms with van der Waals surface area (Å²) in [5, 5.41) is 36.6. The molecule has 0 amide bonds. The second-order valence-corrected chi connectivity index (χ2v) is 4.62. The van der Waals surface area contributed by atoms with Crippen LogP contribution in [0.3, 0.4) is 0 Å². The van der Waals surface area contributed by atoms with Crippen molar-refractivity contribution in [2.75, 3.05) is 6.61 Å². The molecule has 0 unspecified atom stereocenters. The first-order valence-corrected chi connectivity index (χ1v) is 4.62. The molecule has 0 spiro atoms. The Morgan fingerprint density at radius 2 is 1.50 bits per heavy atom. The highest BCUT2D eigenvalue weighted by Crippen LogP contribution is 2.22. The summed E-state index contributed by atoms with van der Waals surface area (Å²) in [6.45, 7) is 4.85.